The van der Waals surface area contributed by atoms with Gasteiger partial charge in [-0.15, -0.1) is 0 Å². The summed E-state index contributed by atoms with van der Waals surface area (Å²) in [5.74, 6) is 0.471. The Hall–Kier alpha value is -1.89. The highest BCUT2D eigenvalue weighted by Crippen LogP contribution is 2.40. The minimum atomic E-state index is 0.189. The first-order valence-corrected chi connectivity index (χ1v) is 5.96. The van der Waals surface area contributed by atoms with Gasteiger partial charge >= 0.3 is 0 Å². The summed E-state index contributed by atoms with van der Waals surface area (Å²) in [5, 5.41) is 0. The smallest absolute Gasteiger partial charge is 0.189 e. The number of fused-ring (bicyclic) bond motifs is 3. The van der Waals surface area contributed by atoms with Gasteiger partial charge in [0.2, 0.25) is 0 Å². The summed E-state index contributed by atoms with van der Waals surface area (Å²) < 4.78 is 0. The van der Waals surface area contributed by atoms with E-state index in [0.717, 1.165) is 22.3 Å². The van der Waals surface area contributed by atoms with Crippen LogP contribution in [-0.2, 0) is 4.79 Å². The van der Waals surface area contributed by atoms with Gasteiger partial charge in [0.1, 0.15) is 0 Å². The van der Waals surface area contributed by atoms with Crippen molar-refractivity contribution >= 4 is 17.4 Å². The van der Waals surface area contributed by atoms with Crippen molar-refractivity contribution in [3.05, 3.63) is 58.7 Å². The van der Waals surface area contributed by atoms with Crippen LogP contribution in [0.15, 0.2) is 47.6 Å². The molecule has 0 saturated heterocycles. The van der Waals surface area contributed by atoms with Crippen molar-refractivity contribution in [1.29, 1.82) is 0 Å². The van der Waals surface area contributed by atoms with Crippen LogP contribution in [0.5, 0.6) is 0 Å². The Morgan fingerprint density at radius 2 is 1.76 bits per heavy atom. The SMILES string of the molecule is CC(C)C1=CC=C2C(=Cc3ccccc32)C1=O. The van der Waals surface area contributed by atoms with Gasteiger partial charge in [-0.25, -0.2) is 0 Å². The molecule has 0 heterocycles. The maximum absolute atomic E-state index is 12.3. The number of carbonyl (C=O) groups excluding carboxylic acids is 1. The zero-order valence-electron chi connectivity index (χ0n) is 10.0. The van der Waals surface area contributed by atoms with Gasteiger partial charge in [-0.3, -0.25) is 4.79 Å². The summed E-state index contributed by atoms with van der Waals surface area (Å²) >= 11 is 0. The van der Waals surface area contributed by atoms with Crippen molar-refractivity contribution in [3.8, 4) is 0 Å². The zero-order valence-corrected chi connectivity index (χ0v) is 10.0. The van der Waals surface area contributed by atoms with E-state index >= 15 is 0 Å². The van der Waals surface area contributed by atoms with Crippen LogP contribution in [0, 0.1) is 5.92 Å². The summed E-state index contributed by atoms with van der Waals surface area (Å²) in [6.45, 7) is 4.12. The maximum atomic E-state index is 12.3. The van der Waals surface area contributed by atoms with Crippen molar-refractivity contribution in [1.82, 2.24) is 0 Å². The molecule has 0 atom stereocenters. The lowest BCUT2D eigenvalue weighted by Gasteiger charge is -2.16. The van der Waals surface area contributed by atoms with Gasteiger partial charge in [0.05, 0.1) is 0 Å². The van der Waals surface area contributed by atoms with Gasteiger partial charge in [0, 0.05) is 11.1 Å². The third-order valence-electron chi connectivity index (χ3n) is 3.40. The first-order chi connectivity index (χ1) is 8.18. The van der Waals surface area contributed by atoms with Gasteiger partial charge in [-0.2, -0.15) is 0 Å². The normalized spacial score (nSPS) is 17.4. The molecule has 2 aliphatic carbocycles. The molecule has 0 spiro atoms. The quantitative estimate of drug-likeness (QED) is 0.709. The Bertz CT molecular complexity index is 598. The summed E-state index contributed by atoms with van der Waals surface area (Å²) in [5.41, 5.74) is 5.18. The molecule has 0 amide bonds. The third-order valence-corrected chi connectivity index (χ3v) is 3.40. The zero-order chi connectivity index (χ0) is 12.0. The molecule has 1 aromatic carbocycles. The van der Waals surface area contributed by atoms with Crippen LogP contribution in [0.4, 0.5) is 0 Å². The van der Waals surface area contributed by atoms with Gasteiger partial charge in [-0.05, 0) is 28.7 Å². The summed E-state index contributed by atoms with van der Waals surface area (Å²) in [6.07, 6.45) is 6.06. The number of carbonyl (C=O) groups is 1. The van der Waals surface area contributed by atoms with Crippen LogP contribution in [0.3, 0.4) is 0 Å². The highest BCUT2D eigenvalue weighted by molar-refractivity contribution is 6.25. The number of hydrogen-bond donors (Lipinski definition) is 0. The molecule has 0 bridgehead atoms. The number of Topliss-reactive ketones (excluding diaryl/α,β-unsaturated/α-hetero) is 1. The minimum absolute atomic E-state index is 0.189. The van der Waals surface area contributed by atoms with E-state index in [1.165, 1.54) is 5.56 Å². The fourth-order valence-electron chi connectivity index (χ4n) is 2.47. The number of benzene rings is 1. The molecule has 0 saturated carbocycles. The van der Waals surface area contributed by atoms with E-state index in [0.29, 0.717) is 0 Å². The fraction of sp³-hybridized carbons (Fsp3) is 0.188. The van der Waals surface area contributed by atoms with Gasteiger partial charge < -0.3 is 0 Å². The lowest BCUT2D eigenvalue weighted by molar-refractivity contribution is -0.112. The Kier molecular flexibility index (Phi) is 2.15. The van der Waals surface area contributed by atoms with Crippen molar-refractivity contribution in [2.75, 3.05) is 0 Å². The Morgan fingerprint density at radius 1 is 1.00 bits per heavy atom. The average molecular weight is 222 g/mol. The fourth-order valence-corrected chi connectivity index (χ4v) is 2.47. The molecule has 17 heavy (non-hydrogen) atoms. The second-order valence-electron chi connectivity index (χ2n) is 4.83. The molecule has 84 valence electrons. The molecule has 0 radical (unpaired) electrons. The monoisotopic (exact) mass is 222 g/mol. The Labute approximate surface area is 101 Å². The van der Waals surface area contributed by atoms with Crippen LogP contribution in [-0.4, -0.2) is 5.78 Å². The van der Waals surface area contributed by atoms with E-state index in [4.69, 9.17) is 0 Å². The van der Waals surface area contributed by atoms with Crippen molar-refractivity contribution in [2.24, 2.45) is 5.92 Å². The van der Waals surface area contributed by atoms with E-state index < -0.39 is 0 Å². The molecular weight excluding hydrogens is 208 g/mol. The standard InChI is InChI=1S/C16H14O/c1-10(2)12-7-8-14-13-6-4-3-5-11(13)9-15(14)16(12)17/h3-10H,1-2H3. The molecule has 0 unspecified atom stereocenters. The van der Waals surface area contributed by atoms with Crippen LogP contribution in [0.2, 0.25) is 0 Å². The summed E-state index contributed by atoms with van der Waals surface area (Å²) in [6, 6.07) is 8.16. The second-order valence-corrected chi connectivity index (χ2v) is 4.83. The first-order valence-electron chi connectivity index (χ1n) is 5.96. The van der Waals surface area contributed by atoms with Gasteiger partial charge in [0.25, 0.3) is 0 Å². The highest BCUT2D eigenvalue weighted by atomic mass is 16.1. The molecule has 2 aliphatic rings. The van der Waals surface area contributed by atoms with Gasteiger partial charge in [0.15, 0.2) is 5.78 Å². The van der Waals surface area contributed by atoms with Crippen molar-refractivity contribution < 1.29 is 4.79 Å². The van der Waals surface area contributed by atoms with Crippen LogP contribution >= 0.6 is 0 Å². The molecule has 1 aromatic rings. The first kappa shape index (κ1) is 10.3. The number of allylic oxidation sites excluding steroid dienone is 5. The summed E-state index contributed by atoms with van der Waals surface area (Å²) in [4.78, 5) is 12.3. The van der Waals surface area contributed by atoms with E-state index in [1.807, 2.05) is 24.3 Å². The van der Waals surface area contributed by atoms with Crippen molar-refractivity contribution in [2.45, 2.75) is 13.8 Å². The predicted octanol–water partition coefficient (Wildman–Crippen LogP) is 3.63. The molecule has 0 N–H and O–H groups in total. The minimum Gasteiger partial charge on any atom is -0.289 e. The van der Waals surface area contributed by atoms with Gasteiger partial charge in [-0.1, -0.05) is 50.3 Å². The predicted molar refractivity (Wildman–Crippen MR) is 70.3 cm³/mol. The highest BCUT2D eigenvalue weighted by Gasteiger charge is 2.28. The molecule has 0 aliphatic heterocycles. The van der Waals surface area contributed by atoms with Crippen LogP contribution in [0.25, 0.3) is 11.6 Å². The van der Waals surface area contributed by atoms with E-state index in [2.05, 4.69) is 32.1 Å². The summed E-state index contributed by atoms with van der Waals surface area (Å²) in [7, 11) is 0. The number of ketones is 1. The van der Waals surface area contributed by atoms with Crippen LogP contribution < -0.4 is 0 Å². The van der Waals surface area contributed by atoms with E-state index in [1.54, 1.807) is 0 Å². The molecule has 1 nitrogen and oxygen atoms in total. The maximum Gasteiger partial charge on any atom is 0.189 e. The molecule has 0 fully saturated rings. The topological polar surface area (TPSA) is 17.1 Å². The average Bonchev–Trinajstić information content (AvgIpc) is 2.69. The molecular formula is C16H14O. The number of rotatable bonds is 1. The second kappa shape index (κ2) is 3.56. The number of hydrogen-bond acceptors (Lipinski definition) is 1. The Morgan fingerprint density at radius 3 is 2.53 bits per heavy atom. The largest absolute Gasteiger partial charge is 0.289 e. The lowest BCUT2D eigenvalue weighted by Crippen LogP contribution is -2.13. The van der Waals surface area contributed by atoms with Crippen LogP contribution in [0.1, 0.15) is 25.0 Å². The third kappa shape index (κ3) is 1.42. The Balaban J connectivity index is 2.16. The molecule has 3 rings (SSSR count). The van der Waals surface area contributed by atoms with E-state index in [-0.39, 0.29) is 11.7 Å². The van der Waals surface area contributed by atoms with Crippen molar-refractivity contribution in [3.63, 3.8) is 0 Å². The molecule has 1 heteroatoms. The lowest BCUT2D eigenvalue weighted by atomic mass is 9.86. The van der Waals surface area contributed by atoms with E-state index in [9.17, 15) is 4.79 Å². The molecule has 0 aromatic heterocycles.